The van der Waals surface area contributed by atoms with Crippen LogP contribution in [0.3, 0.4) is 0 Å². The fraction of sp³-hybridized carbons (Fsp3) is 0. The Labute approximate surface area is 347 Å². The Hall–Kier alpha value is -7.94. The second-order valence-corrected chi connectivity index (χ2v) is 15.6. The third-order valence-corrected chi connectivity index (χ3v) is 12.2. The zero-order chi connectivity index (χ0) is 39.6. The summed E-state index contributed by atoms with van der Waals surface area (Å²) in [6.45, 7) is 0. The number of para-hydroxylation sites is 1. The minimum atomic E-state index is 0.880. The lowest BCUT2D eigenvalue weighted by molar-refractivity contribution is 0.669. The van der Waals surface area contributed by atoms with Crippen LogP contribution in [0.4, 0.5) is 17.1 Å². The molecule has 280 valence electrons. The molecule has 11 aromatic carbocycles. The quantitative estimate of drug-likeness (QED) is 0.157. The van der Waals surface area contributed by atoms with Gasteiger partial charge in [-0.05, 0) is 119 Å². The van der Waals surface area contributed by atoms with Crippen molar-refractivity contribution in [2.45, 2.75) is 0 Å². The second-order valence-electron chi connectivity index (χ2n) is 15.6. The molecule has 0 fully saturated rings. The van der Waals surface area contributed by atoms with Gasteiger partial charge in [0.2, 0.25) is 0 Å². The van der Waals surface area contributed by atoms with E-state index in [9.17, 15) is 0 Å². The van der Waals surface area contributed by atoms with Crippen molar-refractivity contribution < 1.29 is 4.42 Å². The molecule has 0 aliphatic heterocycles. The number of rotatable bonds is 6. The number of nitrogens with zero attached hydrogens (tertiary/aromatic N) is 1. The first-order valence-corrected chi connectivity index (χ1v) is 20.6. The summed E-state index contributed by atoms with van der Waals surface area (Å²) in [7, 11) is 0. The van der Waals surface area contributed by atoms with E-state index in [2.05, 4.69) is 229 Å². The van der Waals surface area contributed by atoms with Gasteiger partial charge in [0.05, 0.1) is 5.69 Å². The fourth-order valence-corrected chi connectivity index (χ4v) is 9.41. The molecule has 0 aliphatic rings. The maximum Gasteiger partial charge on any atom is 0.136 e. The molecule has 0 amide bonds. The highest BCUT2D eigenvalue weighted by atomic mass is 16.3. The van der Waals surface area contributed by atoms with E-state index >= 15 is 0 Å². The summed E-state index contributed by atoms with van der Waals surface area (Å²) < 4.78 is 6.57. The molecular weight excluding hydrogens is 727 g/mol. The first-order chi connectivity index (χ1) is 29.7. The van der Waals surface area contributed by atoms with Crippen molar-refractivity contribution in [2.75, 3.05) is 4.90 Å². The van der Waals surface area contributed by atoms with Crippen molar-refractivity contribution in [1.29, 1.82) is 0 Å². The first-order valence-electron chi connectivity index (χ1n) is 20.6. The lowest BCUT2D eigenvalue weighted by Crippen LogP contribution is -2.11. The number of anilines is 3. The lowest BCUT2D eigenvalue weighted by atomic mass is 9.94. The fourth-order valence-electron chi connectivity index (χ4n) is 9.41. The van der Waals surface area contributed by atoms with Crippen molar-refractivity contribution in [3.63, 3.8) is 0 Å². The Kier molecular flexibility index (Phi) is 7.89. The molecule has 0 spiro atoms. The Morgan fingerprint density at radius 2 is 0.800 bits per heavy atom. The molecule has 0 N–H and O–H groups in total. The van der Waals surface area contributed by atoms with E-state index in [1.165, 1.54) is 65.3 Å². The van der Waals surface area contributed by atoms with Gasteiger partial charge in [-0.2, -0.15) is 0 Å². The van der Waals surface area contributed by atoms with Gasteiger partial charge in [-0.15, -0.1) is 0 Å². The SMILES string of the molecule is c1ccc(N(c2ccc(-c3cccc4ccccc34)cc2)c2ccc(-c3cccc4c3ccc3ccccc34)cc2)c(-c2cccc3oc4cc5ccccc5cc4c23)c1. The summed E-state index contributed by atoms with van der Waals surface area (Å²) in [4.78, 5) is 2.40. The van der Waals surface area contributed by atoms with Gasteiger partial charge in [0.1, 0.15) is 11.2 Å². The van der Waals surface area contributed by atoms with Crippen LogP contribution in [-0.2, 0) is 0 Å². The molecule has 2 nitrogen and oxygen atoms in total. The van der Waals surface area contributed by atoms with Gasteiger partial charge < -0.3 is 9.32 Å². The molecule has 0 atom stereocenters. The molecule has 2 heteroatoms. The molecule has 0 bridgehead atoms. The summed E-state index contributed by atoms with van der Waals surface area (Å²) in [6.07, 6.45) is 0. The van der Waals surface area contributed by atoms with Gasteiger partial charge in [0.15, 0.2) is 0 Å². The largest absolute Gasteiger partial charge is 0.456 e. The highest BCUT2D eigenvalue weighted by Gasteiger charge is 2.21. The van der Waals surface area contributed by atoms with Gasteiger partial charge in [0.25, 0.3) is 0 Å². The average Bonchev–Trinajstić information content (AvgIpc) is 3.68. The van der Waals surface area contributed by atoms with E-state index in [4.69, 9.17) is 4.42 Å². The summed E-state index contributed by atoms with van der Waals surface area (Å²) in [5.41, 5.74) is 12.1. The van der Waals surface area contributed by atoms with Gasteiger partial charge in [-0.3, -0.25) is 0 Å². The van der Waals surface area contributed by atoms with E-state index in [-0.39, 0.29) is 0 Å². The monoisotopic (exact) mass is 763 g/mol. The maximum atomic E-state index is 6.57. The molecule has 12 aromatic rings. The summed E-state index contributed by atoms with van der Waals surface area (Å²) in [5.74, 6) is 0. The molecule has 0 saturated carbocycles. The Bertz CT molecular complexity index is 3590. The molecule has 60 heavy (non-hydrogen) atoms. The zero-order valence-corrected chi connectivity index (χ0v) is 32.7. The van der Waals surface area contributed by atoms with Crippen LogP contribution in [0, 0.1) is 0 Å². The summed E-state index contributed by atoms with van der Waals surface area (Å²) in [5, 5.41) is 12.1. The highest BCUT2D eigenvalue weighted by molar-refractivity contribution is 6.17. The second kappa shape index (κ2) is 13.9. The van der Waals surface area contributed by atoms with Gasteiger partial charge >= 0.3 is 0 Å². The molecule has 0 unspecified atom stereocenters. The van der Waals surface area contributed by atoms with E-state index < -0.39 is 0 Å². The predicted molar refractivity (Wildman–Crippen MR) is 255 cm³/mol. The number of fused-ring (bicyclic) bond motifs is 8. The normalized spacial score (nSPS) is 11.7. The molecule has 1 aromatic heterocycles. The predicted octanol–water partition coefficient (Wildman–Crippen LogP) is 16.7. The lowest BCUT2D eigenvalue weighted by Gasteiger charge is -2.28. The molecular formula is C58H37NO. The zero-order valence-electron chi connectivity index (χ0n) is 32.7. The van der Waals surface area contributed by atoms with Crippen molar-refractivity contribution in [3.8, 4) is 33.4 Å². The van der Waals surface area contributed by atoms with Crippen LogP contribution in [0.1, 0.15) is 0 Å². The van der Waals surface area contributed by atoms with Crippen molar-refractivity contribution in [3.05, 3.63) is 224 Å². The Morgan fingerprint density at radius 3 is 1.55 bits per heavy atom. The summed E-state index contributed by atoms with van der Waals surface area (Å²) in [6, 6.07) is 81.3. The van der Waals surface area contributed by atoms with E-state index in [0.29, 0.717) is 0 Å². The molecule has 0 radical (unpaired) electrons. The average molecular weight is 764 g/mol. The van der Waals surface area contributed by atoms with Crippen molar-refractivity contribution in [1.82, 2.24) is 0 Å². The van der Waals surface area contributed by atoms with E-state index in [0.717, 1.165) is 50.1 Å². The number of benzene rings is 11. The van der Waals surface area contributed by atoms with Gasteiger partial charge in [0, 0.05) is 27.7 Å². The third kappa shape index (κ3) is 5.57. The highest BCUT2D eigenvalue weighted by Crippen LogP contribution is 2.46. The number of hydrogen-bond acceptors (Lipinski definition) is 2. The van der Waals surface area contributed by atoms with Gasteiger partial charge in [-0.25, -0.2) is 0 Å². The Balaban J connectivity index is 1.03. The van der Waals surface area contributed by atoms with Crippen LogP contribution in [0.5, 0.6) is 0 Å². The third-order valence-electron chi connectivity index (χ3n) is 12.2. The first kappa shape index (κ1) is 34.1. The molecule has 12 rings (SSSR count). The van der Waals surface area contributed by atoms with Crippen LogP contribution in [0.15, 0.2) is 229 Å². The number of furan rings is 1. The van der Waals surface area contributed by atoms with Crippen molar-refractivity contribution >= 4 is 82.1 Å². The molecule has 1 heterocycles. The standard InChI is InChI=1S/C58H37NO/c1-2-15-43-37-57-54(36-42(43)14-1)58-53(23-11-25-56(58)60-57)52-19-7-8-24-55(52)59(44-31-26-40(27-32-44)47-20-9-16-38-12-3-5-17-46(38)47)45-33-28-41(29-34-45)49-21-10-22-50-48-18-6-4-13-39(48)30-35-51(49)50/h1-37H. The minimum absolute atomic E-state index is 0.880. The van der Waals surface area contributed by atoms with Crippen molar-refractivity contribution in [2.24, 2.45) is 0 Å². The van der Waals surface area contributed by atoms with Crippen LogP contribution in [-0.4, -0.2) is 0 Å². The van der Waals surface area contributed by atoms with Gasteiger partial charge in [-0.1, -0.05) is 176 Å². The van der Waals surface area contributed by atoms with E-state index in [1.807, 2.05) is 0 Å². The number of hydrogen-bond donors (Lipinski definition) is 0. The maximum absolute atomic E-state index is 6.57. The van der Waals surface area contributed by atoms with Crippen LogP contribution < -0.4 is 4.90 Å². The molecule has 0 saturated heterocycles. The van der Waals surface area contributed by atoms with Crippen LogP contribution in [0.25, 0.3) is 98.4 Å². The van der Waals surface area contributed by atoms with E-state index in [1.54, 1.807) is 0 Å². The Morgan fingerprint density at radius 1 is 0.283 bits per heavy atom. The van der Waals surface area contributed by atoms with Crippen LogP contribution in [0.2, 0.25) is 0 Å². The smallest absolute Gasteiger partial charge is 0.136 e. The van der Waals surface area contributed by atoms with Crippen LogP contribution >= 0.6 is 0 Å². The molecule has 0 aliphatic carbocycles. The topological polar surface area (TPSA) is 16.4 Å². The summed E-state index contributed by atoms with van der Waals surface area (Å²) >= 11 is 0. The minimum Gasteiger partial charge on any atom is -0.456 e.